The third kappa shape index (κ3) is 1.21. The van der Waals surface area contributed by atoms with Gasteiger partial charge in [-0.25, -0.2) is 4.79 Å². The number of cyclic esters (lactones) is 1. The summed E-state index contributed by atoms with van der Waals surface area (Å²) in [7, 11) is 0. The Balaban J connectivity index is 2.80. The molecule has 2 atom stereocenters. The summed E-state index contributed by atoms with van der Waals surface area (Å²) in [6.07, 6.45) is -2.57. The molecular formula is C6H9NO5. The normalized spacial score (nSPS) is 25.8. The maximum atomic E-state index is 10.7. The molecule has 0 amide bonds. The third-order valence-electron chi connectivity index (χ3n) is 1.54. The largest absolute Gasteiger partial charge is 0.506 e. The molecule has 5 N–H and O–H groups in total. The molecule has 1 rings (SSSR count). The Labute approximate surface area is 67.9 Å². The van der Waals surface area contributed by atoms with Crippen LogP contribution in [0.15, 0.2) is 11.5 Å². The Bertz CT molecular complexity index is 236. The molecule has 1 heterocycles. The van der Waals surface area contributed by atoms with Crippen LogP contribution in [0.2, 0.25) is 0 Å². The predicted octanol–water partition coefficient (Wildman–Crippen LogP) is -2.01. The minimum Gasteiger partial charge on any atom is -0.506 e. The standard InChI is InChI=1S/C6H9NO5/c7-3-4(10)5(2(9)1-8)12-6(3)11/h2,5,8-10H,1,7H2/t2-,5-/m0/s1. The summed E-state index contributed by atoms with van der Waals surface area (Å²) in [6, 6.07) is 0. The van der Waals surface area contributed by atoms with E-state index in [1.165, 1.54) is 0 Å². The molecule has 0 aromatic rings. The number of esters is 1. The molecule has 0 unspecified atom stereocenters. The summed E-state index contributed by atoms with van der Waals surface area (Å²) in [6.45, 7) is -0.616. The zero-order valence-corrected chi connectivity index (χ0v) is 6.10. The van der Waals surface area contributed by atoms with Crippen molar-refractivity contribution in [3.8, 4) is 0 Å². The molecule has 0 aliphatic carbocycles. The Kier molecular flexibility index (Phi) is 2.20. The lowest BCUT2D eigenvalue weighted by Crippen LogP contribution is -2.31. The van der Waals surface area contributed by atoms with Crippen LogP contribution in [0.3, 0.4) is 0 Å². The van der Waals surface area contributed by atoms with E-state index in [1.807, 2.05) is 0 Å². The van der Waals surface area contributed by atoms with Crippen molar-refractivity contribution >= 4 is 5.97 Å². The van der Waals surface area contributed by atoms with Gasteiger partial charge in [0.25, 0.3) is 0 Å². The van der Waals surface area contributed by atoms with Gasteiger partial charge in [-0.2, -0.15) is 0 Å². The van der Waals surface area contributed by atoms with Crippen LogP contribution < -0.4 is 5.73 Å². The molecular weight excluding hydrogens is 166 g/mol. The van der Waals surface area contributed by atoms with Gasteiger partial charge >= 0.3 is 5.97 Å². The van der Waals surface area contributed by atoms with Gasteiger partial charge in [-0.3, -0.25) is 0 Å². The lowest BCUT2D eigenvalue weighted by atomic mass is 10.2. The van der Waals surface area contributed by atoms with Crippen molar-refractivity contribution in [3.05, 3.63) is 11.5 Å². The van der Waals surface area contributed by atoms with Gasteiger partial charge in [-0.1, -0.05) is 0 Å². The molecule has 0 saturated carbocycles. The number of carbonyl (C=O) groups is 1. The maximum absolute atomic E-state index is 10.7. The Hall–Kier alpha value is -1.27. The van der Waals surface area contributed by atoms with Crippen LogP contribution in [0.4, 0.5) is 0 Å². The fourth-order valence-corrected chi connectivity index (χ4v) is 0.849. The van der Waals surface area contributed by atoms with Gasteiger partial charge in [0, 0.05) is 0 Å². The number of ether oxygens (including phenoxy) is 1. The van der Waals surface area contributed by atoms with Gasteiger partial charge in [-0.15, -0.1) is 0 Å². The highest BCUT2D eigenvalue weighted by Gasteiger charge is 2.37. The Morgan fingerprint density at radius 3 is 2.58 bits per heavy atom. The average molecular weight is 175 g/mol. The van der Waals surface area contributed by atoms with E-state index in [-0.39, 0.29) is 0 Å². The molecule has 0 spiro atoms. The SMILES string of the molecule is NC1=C(O)[C@H]([C@@H](O)CO)OC1=O. The van der Waals surface area contributed by atoms with Gasteiger partial charge in [0.05, 0.1) is 6.61 Å². The number of carbonyl (C=O) groups excluding carboxylic acids is 1. The van der Waals surface area contributed by atoms with Gasteiger partial charge in [-0.05, 0) is 0 Å². The second-order valence-corrected chi connectivity index (χ2v) is 2.37. The topological polar surface area (TPSA) is 113 Å². The van der Waals surface area contributed by atoms with Gasteiger partial charge in [0.2, 0.25) is 0 Å². The van der Waals surface area contributed by atoms with Crippen molar-refractivity contribution in [1.82, 2.24) is 0 Å². The van der Waals surface area contributed by atoms with E-state index >= 15 is 0 Å². The first kappa shape index (κ1) is 8.82. The van der Waals surface area contributed by atoms with E-state index in [2.05, 4.69) is 4.74 Å². The van der Waals surface area contributed by atoms with Crippen molar-refractivity contribution in [3.63, 3.8) is 0 Å². The van der Waals surface area contributed by atoms with E-state index in [4.69, 9.17) is 21.1 Å². The van der Waals surface area contributed by atoms with Crippen LogP contribution in [-0.4, -0.2) is 40.1 Å². The molecule has 6 nitrogen and oxygen atoms in total. The molecule has 0 bridgehead atoms. The van der Waals surface area contributed by atoms with E-state index in [1.54, 1.807) is 0 Å². The van der Waals surface area contributed by atoms with E-state index in [0.717, 1.165) is 0 Å². The second-order valence-electron chi connectivity index (χ2n) is 2.37. The molecule has 0 radical (unpaired) electrons. The lowest BCUT2D eigenvalue weighted by Gasteiger charge is -2.14. The van der Waals surface area contributed by atoms with Crippen molar-refractivity contribution < 1.29 is 24.9 Å². The number of rotatable bonds is 2. The molecule has 0 fully saturated rings. The van der Waals surface area contributed by atoms with E-state index in [9.17, 15) is 4.79 Å². The summed E-state index contributed by atoms with van der Waals surface area (Å²) >= 11 is 0. The molecule has 12 heavy (non-hydrogen) atoms. The monoisotopic (exact) mass is 175 g/mol. The third-order valence-corrected chi connectivity index (χ3v) is 1.54. The van der Waals surface area contributed by atoms with Crippen molar-refractivity contribution in [2.24, 2.45) is 5.73 Å². The van der Waals surface area contributed by atoms with Crippen molar-refractivity contribution in [2.75, 3.05) is 6.61 Å². The van der Waals surface area contributed by atoms with Crippen LogP contribution in [0.1, 0.15) is 0 Å². The van der Waals surface area contributed by atoms with Crippen LogP contribution in [0.25, 0.3) is 0 Å². The molecule has 1 aliphatic heterocycles. The van der Waals surface area contributed by atoms with Crippen LogP contribution in [0, 0.1) is 0 Å². The number of aliphatic hydroxyl groups excluding tert-OH is 3. The Morgan fingerprint density at radius 2 is 2.25 bits per heavy atom. The van der Waals surface area contributed by atoms with E-state index < -0.39 is 36.2 Å². The quantitative estimate of drug-likeness (QED) is 0.361. The fourth-order valence-electron chi connectivity index (χ4n) is 0.849. The van der Waals surface area contributed by atoms with Crippen LogP contribution >= 0.6 is 0 Å². The van der Waals surface area contributed by atoms with Crippen LogP contribution in [0.5, 0.6) is 0 Å². The molecule has 1 aliphatic rings. The second kappa shape index (κ2) is 3.00. The smallest absolute Gasteiger partial charge is 0.358 e. The van der Waals surface area contributed by atoms with E-state index in [0.29, 0.717) is 0 Å². The highest BCUT2D eigenvalue weighted by atomic mass is 16.6. The summed E-state index contributed by atoms with van der Waals surface area (Å²) in [5.41, 5.74) is 4.64. The summed E-state index contributed by atoms with van der Waals surface area (Å²) < 4.78 is 4.44. The first-order chi connectivity index (χ1) is 5.57. The number of hydrogen-bond acceptors (Lipinski definition) is 6. The van der Waals surface area contributed by atoms with Gasteiger partial charge in [0.1, 0.15) is 6.10 Å². The first-order valence-corrected chi connectivity index (χ1v) is 3.26. The molecule has 6 heteroatoms. The minimum absolute atomic E-state index is 0.424. The average Bonchev–Trinajstić information content (AvgIpc) is 2.32. The number of nitrogens with two attached hydrogens (primary N) is 1. The first-order valence-electron chi connectivity index (χ1n) is 3.26. The summed E-state index contributed by atoms with van der Waals surface area (Å²) in [4.78, 5) is 10.7. The maximum Gasteiger partial charge on any atom is 0.358 e. The molecule has 0 saturated heterocycles. The number of aliphatic hydroxyl groups is 3. The zero-order valence-electron chi connectivity index (χ0n) is 6.10. The van der Waals surface area contributed by atoms with Gasteiger partial charge < -0.3 is 25.8 Å². The molecule has 0 aromatic heterocycles. The predicted molar refractivity (Wildman–Crippen MR) is 36.8 cm³/mol. The molecule has 68 valence electrons. The minimum atomic E-state index is -1.34. The highest BCUT2D eigenvalue weighted by Crippen LogP contribution is 2.19. The molecule has 0 aromatic carbocycles. The fraction of sp³-hybridized carbons (Fsp3) is 0.500. The zero-order chi connectivity index (χ0) is 9.30. The lowest BCUT2D eigenvalue weighted by molar-refractivity contribution is -0.145. The van der Waals surface area contributed by atoms with Crippen molar-refractivity contribution in [2.45, 2.75) is 12.2 Å². The van der Waals surface area contributed by atoms with Crippen LogP contribution in [-0.2, 0) is 9.53 Å². The van der Waals surface area contributed by atoms with Crippen molar-refractivity contribution in [1.29, 1.82) is 0 Å². The van der Waals surface area contributed by atoms with Gasteiger partial charge in [0.15, 0.2) is 17.6 Å². The Morgan fingerprint density at radius 1 is 1.67 bits per heavy atom. The highest BCUT2D eigenvalue weighted by molar-refractivity contribution is 5.90. The number of hydrogen-bond donors (Lipinski definition) is 4. The summed E-state index contributed by atoms with van der Waals surface area (Å²) in [5, 5.41) is 26.5. The summed E-state index contributed by atoms with van der Waals surface area (Å²) in [5.74, 6) is -1.41.